The molecule has 0 aromatic heterocycles. The third-order valence-electron chi connectivity index (χ3n) is 12.6. The Morgan fingerprint density at radius 2 is 0.586 bits per heavy atom. The predicted molar refractivity (Wildman–Crippen MR) is 302 cm³/mol. The molecule has 0 aromatic rings. The van der Waals surface area contributed by atoms with Crippen molar-refractivity contribution in [2.45, 2.75) is 290 Å². The zero-order chi connectivity index (χ0) is 50.7. The maximum Gasteiger partial charge on any atom is 0.306 e. The summed E-state index contributed by atoms with van der Waals surface area (Å²) in [4.78, 5) is 38.2. The van der Waals surface area contributed by atoms with Gasteiger partial charge in [-0.05, 0) is 83.5 Å². The van der Waals surface area contributed by atoms with Crippen molar-refractivity contribution in [1.29, 1.82) is 0 Å². The number of hydrogen-bond acceptors (Lipinski definition) is 6. The van der Waals surface area contributed by atoms with Crippen LogP contribution in [-0.2, 0) is 28.6 Å². The van der Waals surface area contributed by atoms with Crippen LogP contribution < -0.4 is 0 Å². The minimum Gasteiger partial charge on any atom is -0.462 e. The first-order valence-corrected chi connectivity index (χ1v) is 29.6. The molecule has 0 saturated carbocycles. The number of allylic oxidation sites excluding steroid dienone is 14. The van der Waals surface area contributed by atoms with Gasteiger partial charge >= 0.3 is 17.9 Å². The van der Waals surface area contributed by atoms with E-state index < -0.39 is 6.10 Å². The van der Waals surface area contributed by atoms with Gasteiger partial charge in [0.1, 0.15) is 13.2 Å². The second kappa shape index (κ2) is 58.2. The van der Waals surface area contributed by atoms with E-state index in [1.807, 2.05) is 6.08 Å². The van der Waals surface area contributed by atoms with Crippen molar-refractivity contribution in [3.63, 3.8) is 0 Å². The van der Waals surface area contributed by atoms with E-state index in [0.717, 1.165) is 83.5 Å². The summed E-state index contributed by atoms with van der Waals surface area (Å²) in [5, 5.41) is 0. The maximum absolute atomic E-state index is 12.9. The number of ether oxygens (including phenoxy) is 3. The summed E-state index contributed by atoms with van der Waals surface area (Å²) in [5.74, 6) is -0.988. The lowest BCUT2D eigenvalue weighted by molar-refractivity contribution is -0.166. The van der Waals surface area contributed by atoms with Crippen LogP contribution in [0.3, 0.4) is 0 Å². The topological polar surface area (TPSA) is 78.9 Å². The Morgan fingerprint density at radius 3 is 0.957 bits per heavy atom. The van der Waals surface area contributed by atoms with Gasteiger partial charge in [0, 0.05) is 19.3 Å². The SMILES string of the molecule is CC/C=C\C/C=C\C/C=C\C/C=C\C/C=C\C/C=C\CCC(=O)OCC(COC(=O)CCCCCCC/C=C\CCCCCCC)OC(=O)CCCCCCCCCCCCCCCCCCCCC. The van der Waals surface area contributed by atoms with Crippen LogP contribution in [0.5, 0.6) is 0 Å². The van der Waals surface area contributed by atoms with E-state index >= 15 is 0 Å². The van der Waals surface area contributed by atoms with Crippen LogP contribution in [0.25, 0.3) is 0 Å². The molecule has 0 aliphatic carbocycles. The highest BCUT2D eigenvalue weighted by molar-refractivity contribution is 5.71. The molecule has 0 aromatic carbocycles. The molecule has 70 heavy (non-hydrogen) atoms. The van der Waals surface area contributed by atoms with Gasteiger partial charge in [0.05, 0.1) is 0 Å². The minimum absolute atomic E-state index is 0.102. The van der Waals surface area contributed by atoms with Gasteiger partial charge in [-0.2, -0.15) is 0 Å². The molecule has 0 fully saturated rings. The summed E-state index contributed by atoms with van der Waals surface area (Å²) in [6, 6.07) is 0. The molecule has 0 saturated heterocycles. The van der Waals surface area contributed by atoms with Crippen molar-refractivity contribution < 1.29 is 28.6 Å². The smallest absolute Gasteiger partial charge is 0.306 e. The lowest BCUT2D eigenvalue weighted by Gasteiger charge is -2.18. The average Bonchev–Trinajstić information content (AvgIpc) is 3.36. The van der Waals surface area contributed by atoms with Crippen LogP contribution in [-0.4, -0.2) is 37.2 Å². The van der Waals surface area contributed by atoms with Crippen LogP contribution in [0.1, 0.15) is 284 Å². The lowest BCUT2D eigenvalue weighted by atomic mass is 10.0. The van der Waals surface area contributed by atoms with Crippen LogP contribution >= 0.6 is 0 Å². The predicted octanol–water partition coefficient (Wildman–Crippen LogP) is 19.9. The van der Waals surface area contributed by atoms with Crippen molar-refractivity contribution in [2.75, 3.05) is 13.2 Å². The Labute approximate surface area is 433 Å². The van der Waals surface area contributed by atoms with Gasteiger partial charge in [-0.15, -0.1) is 0 Å². The molecule has 0 aliphatic heterocycles. The zero-order valence-corrected chi connectivity index (χ0v) is 46.0. The molecule has 0 aliphatic rings. The molecule has 0 amide bonds. The average molecular weight is 976 g/mol. The Kier molecular flexibility index (Phi) is 55.3. The third kappa shape index (κ3) is 55.5. The van der Waals surface area contributed by atoms with Crippen molar-refractivity contribution in [3.05, 3.63) is 85.1 Å². The number of hydrogen-bond donors (Lipinski definition) is 0. The summed E-state index contributed by atoms with van der Waals surface area (Å²) < 4.78 is 16.8. The Balaban J connectivity index is 4.47. The van der Waals surface area contributed by atoms with Gasteiger partial charge in [0.2, 0.25) is 0 Å². The van der Waals surface area contributed by atoms with E-state index in [2.05, 4.69) is 99.8 Å². The Bertz CT molecular complexity index is 1350. The maximum atomic E-state index is 12.9. The van der Waals surface area contributed by atoms with Gasteiger partial charge in [-0.3, -0.25) is 14.4 Å². The van der Waals surface area contributed by atoms with Gasteiger partial charge in [0.15, 0.2) is 6.10 Å². The van der Waals surface area contributed by atoms with Crippen molar-refractivity contribution in [2.24, 2.45) is 0 Å². The van der Waals surface area contributed by atoms with E-state index in [1.54, 1.807) is 0 Å². The molecule has 1 unspecified atom stereocenters. The van der Waals surface area contributed by atoms with Crippen LogP contribution in [0, 0.1) is 0 Å². The van der Waals surface area contributed by atoms with Gasteiger partial charge in [-0.25, -0.2) is 0 Å². The fourth-order valence-electron chi connectivity index (χ4n) is 8.23. The van der Waals surface area contributed by atoms with Crippen LogP contribution in [0.15, 0.2) is 85.1 Å². The number of esters is 3. The molecular weight excluding hydrogens is 865 g/mol. The number of unbranched alkanes of at least 4 members (excludes halogenated alkanes) is 28. The monoisotopic (exact) mass is 975 g/mol. The first-order chi connectivity index (χ1) is 34.5. The first kappa shape index (κ1) is 66.6. The van der Waals surface area contributed by atoms with E-state index in [-0.39, 0.29) is 37.5 Å². The van der Waals surface area contributed by atoms with E-state index in [0.29, 0.717) is 19.3 Å². The highest BCUT2D eigenvalue weighted by atomic mass is 16.6. The van der Waals surface area contributed by atoms with Crippen molar-refractivity contribution in [3.8, 4) is 0 Å². The second-order valence-corrected chi connectivity index (χ2v) is 19.5. The normalized spacial score (nSPS) is 12.7. The molecule has 6 nitrogen and oxygen atoms in total. The molecule has 0 N–H and O–H groups in total. The molecule has 0 spiro atoms. The van der Waals surface area contributed by atoms with E-state index in [9.17, 15) is 14.4 Å². The Morgan fingerprint density at radius 1 is 0.300 bits per heavy atom. The summed E-state index contributed by atoms with van der Waals surface area (Å²) in [6.45, 7) is 6.47. The molecule has 0 bridgehead atoms. The molecule has 1 atom stereocenters. The minimum atomic E-state index is -0.809. The second-order valence-electron chi connectivity index (χ2n) is 19.5. The zero-order valence-electron chi connectivity index (χ0n) is 46.0. The van der Waals surface area contributed by atoms with Gasteiger partial charge < -0.3 is 14.2 Å². The van der Waals surface area contributed by atoms with E-state index in [4.69, 9.17) is 14.2 Å². The van der Waals surface area contributed by atoms with Crippen LogP contribution in [0.2, 0.25) is 0 Å². The van der Waals surface area contributed by atoms with Crippen molar-refractivity contribution in [1.82, 2.24) is 0 Å². The highest BCUT2D eigenvalue weighted by Gasteiger charge is 2.19. The first-order valence-electron chi connectivity index (χ1n) is 29.6. The summed E-state index contributed by atoms with van der Waals surface area (Å²) in [7, 11) is 0. The summed E-state index contributed by atoms with van der Waals surface area (Å²) >= 11 is 0. The standard InChI is InChI=1S/C64H110O6/c1-4-7-10-13-16-19-22-25-28-30-32-34-36-39-42-45-48-51-54-57-63(66)69-60-61(59-68-62(65)56-53-50-47-44-41-38-27-24-21-18-15-12-9-6-3)70-64(67)58-55-52-49-46-43-40-37-35-33-31-29-26-23-20-17-14-11-8-5-2/h7,10,16,19,24-25,27-28,32,34,39,42,48,51,61H,4-6,8-9,11-15,17-18,20-23,26,29-31,33,35-38,40-41,43-47,49-50,52-60H2,1-3H3/b10-7-,19-16-,27-24-,28-25-,34-32-,42-39-,51-48-. The van der Waals surface area contributed by atoms with Crippen LogP contribution in [0.4, 0.5) is 0 Å². The number of carbonyl (C=O) groups is 3. The molecule has 6 heteroatoms. The third-order valence-corrected chi connectivity index (χ3v) is 12.6. The molecule has 0 heterocycles. The highest BCUT2D eigenvalue weighted by Crippen LogP contribution is 2.16. The fourth-order valence-corrected chi connectivity index (χ4v) is 8.23. The largest absolute Gasteiger partial charge is 0.462 e. The van der Waals surface area contributed by atoms with Gasteiger partial charge in [-0.1, -0.05) is 266 Å². The quantitative estimate of drug-likeness (QED) is 0.0261. The lowest BCUT2D eigenvalue weighted by Crippen LogP contribution is -2.30. The number of rotatable bonds is 53. The molecule has 0 rings (SSSR count). The fraction of sp³-hybridized carbons (Fsp3) is 0.734. The molecule has 402 valence electrons. The molecular formula is C64H110O6. The summed E-state index contributed by atoms with van der Waals surface area (Å²) in [6.07, 6.45) is 75.9. The molecule has 0 radical (unpaired) electrons. The van der Waals surface area contributed by atoms with Crippen molar-refractivity contribution >= 4 is 17.9 Å². The Hall–Kier alpha value is -3.41. The van der Waals surface area contributed by atoms with E-state index in [1.165, 1.54) is 154 Å². The number of carbonyl (C=O) groups excluding carboxylic acids is 3. The summed E-state index contributed by atoms with van der Waals surface area (Å²) in [5.41, 5.74) is 0. The van der Waals surface area contributed by atoms with Gasteiger partial charge in [0.25, 0.3) is 0 Å².